The van der Waals surface area contributed by atoms with Gasteiger partial charge in [0.25, 0.3) is 0 Å². The standard InChI is InChI=1S/C19H29N5/c1-5-16-6-8-17(9-7-16)19(2,3)14-23-18(20-4)22-11-13-24-12-10-21-15-24/h6-10,12,15H,5,11,13-14H2,1-4H3,(H2,20,22,23). The first-order valence-electron chi connectivity index (χ1n) is 8.55. The molecule has 1 aromatic heterocycles. The molecule has 0 aliphatic rings. The first kappa shape index (κ1) is 18.0. The van der Waals surface area contributed by atoms with Crippen LogP contribution in [0.15, 0.2) is 48.0 Å². The maximum absolute atomic E-state index is 4.30. The minimum absolute atomic E-state index is 0.0360. The maximum Gasteiger partial charge on any atom is 0.191 e. The Kier molecular flexibility index (Phi) is 6.41. The summed E-state index contributed by atoms with van der Waals surface area (Å²) in [6, 6.07) is 8.90. The summed E-state index contributed by atoms with van der Waals surface area (Å²) in [6.45, 7) is 9.17. The van der Waals surface area contributed by atoms with Crippen molar-refractivity contribution in [1.29, 1.82) is 0 Å². The minimum atomic E-state index is 0.0360. The molecule has 0 amide bonds. The average Bonchev–Trinajstić information content (AvgIpc) is 3.11. The van der Waals surface area contributed by atoms with E-state index in [0.717, 1.165) is 32.0 Å². The second-order valence-electron chi connectivity index (χ2n) is 6.59. The molecule has 0 atom stereocenters. The Morgan fingerprint density at radius 1 is 1.21 bits per heavy atom. The largest absolute Gasteiger partial charge is 0.356 e. The summed E-state index contributed by atoms with van der Waals surface area (Å²) in [5, 5.41) is 6.77. The van der Waals surface area contributed by atoms with Crippen LogP contribution >= 0.6 is 0 Å². The monoisotopic (exact) mass is 327 g/mol. The molecular weight excluding hydrogens is 298 g/mol. The third kappa shape index (κ3) is 5.11. The Hall–Kier alpha value is -2.30. The number of aromatic nitrogens is 2. The first-order chi connectivity index (χ1) is 11.5. The molecule has 0 aliphatic heterocycles. The number of hydrogen-bond acceptors (Lipinski definition) is 2. The second kappa shape index (κ2) is 8.52. The Morgan fingerprint density at radius 3 is 2.54 bits per heavy atom. The zero-order valence-electron chi connectivity index (χ0n) is 15.2. The van der Waals surface area contributed by atoms with Crippen molar-refractivity contribution in [3.05, 3.63) is 54.1 Å². The highest BCUT2D eigenvalue weighted by atomic mass is 15.2. The average molecular weight is 327 g/mol. The number of guanidine groups is 1. The van der Waals surface area contributed by atoms with Gasteiger partial charge in [0.2, 0.25) is 0 Å². The Morgan fingerprint density at radius 2 is 1.96 bits per heavy atom. The number of imidazole rings is 1. The number of nitrogens with one attached hydrogen (secondary N) is 2. The van der Waals surface area contributed by atoms with Crippen molar-refractivity contribution in [2.24, 2.45) is 4.99 Å². The van der Waals surface area contributed by atoms with Crippen LogP contribution in [0, 0.1) is 0 Å². The van der Waals surface area contributed by atoms with Gasteiger partial charge in [-0.2, -0.15) is 0 Å². The van der Waals surface area contributed by atoms with E-state index in [1.165, 1.54) is 11.1 Å². The van der Waals surface area contributed by atoms with Crippen molar-refractivity contribution in [3.63, 3.8) is 0 Å². The number of aliphatic imine (C=N–C) groups is 1. The van der Waals surface area contributed by atoms with Gasteiger partial charge in [0.1, 0.15) is 0 Å². The lowest BCUT2D eigenvalue weighted by Gasteiger charge is -2.27. The Balaban J connectivity index is 1.84. The van der Waals surface area contributed by atoms with Crippen LogP contribution in [-0.4, -0.2) is 35.6 Å². The molecule has 0 saturated carbocycles. The SMILES string of the molecule is CCc1ccc(C(C)(C)CNC(=NC)NCCn2ccnc2)cc1. The number of nitrogens with zero attached hydrogens (tertiary/aromatic N) is 3. The van der Waals surface area contributed by atoms with Gasteiger partial charge < -0.3 is 15.2 Å². The van der Waals surface area contributed by atoms with Crippen LogP contribution in [0.3, 0.4) is 0 Å². The van der Waals surface area contributed by atoms with Gasteiger partial charge in [-0.3, -0.25) is 4.99 Å². The van der Waals surface area contributed by atoms with Gasteiger partial charge in [0.15, 0.2) is 5.96 Å². The van der Waals surface area contributed by atoms with E-state index in [2.05, 4.69) is 65.6 Å². The molecule has 5 heteroatoms. The minimum Gasteiger partial charge on any atom is -0.356 e. The predicted octanol–water partition coefficient (Wildman–Crippen LogP) is 2.59. The Bertz CT molecular complexity index is 626. The van der Waals surface area contributed by atoms with Crippen molar-refractivity contribution in [3.8, 4) is 0 Å². The summed E-state index contributed by atoms with van der Waals surface area (Å²) in [7, 11) is 1.80. The number of benzene rings is 1. The smallest absolute Gasteiger partial charge is 0.191 e. The number of rotatable bonds is 7. The molecule has 0 unspecified atom stereocenters. The van der Waals surface area contributed by atoms with Crippen LogP contribution in [0.25, 0.3) is 0 Å². The fourth-order valence-corrected chi connectivity index (χ4v) is 2.54. The number of hydrogen-bond donors (Lipinski definition) is 2. The van der Waals surface area contributed by atoms with Gasteiger partial charge in [-0.05, 0) is 17.5 Å². The summed E-state index contributed by atoms with van der Waals surface area (Å²) >= 11 is 0. The fourth-order valence-electron chi connectivity index (χ4n) is 2.54. The zero-order valence-corrected chi connectivity index (χ0v) is 15.2. The summed E-state index contributed by atoms with van der Waals surface area (Å²) in [6.07, 6.45) is 6.65. The van der Waals surface area contributed by atoms with E-state index >= 15 is 0 Å². The van der Waals surface area contributed by atoms with Crippen LogP contribution in [0.4, 0.5) is 0 Å². The summed E-state index contributed by atoms with van der Waals surface area (Å²) in [4.78, 5) is 8.34. The second-order valence-corrected chi connectivity index (χ2v) is 6.59. The van der Waals surface area contributed by atoms with E-state index in [1.54, 1.807) is 13.2 Å². The molecule has 0 spiro atoms. The molecule has 2 aromatic rings. The third-order valence-electron chi connectivity index (χ3n) is 4.29. The highest BCUT2D eigenvalue weighted by Gasteiger charge is 2.20. The van der Waals surface area contributed by atoms with E-state index in [-0.39, 0.29) is 5.41 Å². The van der Waals surface area contributed by atoms with Crippen LogP contribution < -0.4 is 10.6 Å². The molecule has 2 N–H and O–H groups in total. The zero-order chi connectivity index (χ0) is 17.4. The van der Waals surface area contributed by atoms with Crippen LogP contribution in [-0.2, 0) is 18.4 Å². The van der Waals surface area contributed by atoms with Crippen LogP contribution in [0.5, 0.6) is 0 Å². The summed E-state index contributed by atoms with van der Waals surface area (Å²) in [5.74, 6) is 0.827. The van der Waals surface area contributed by atoms with E-state index in [9.17, 15) is 0 Å². The number of aryl methyl sites for hydroxylation is 1. The molecule has 1 aromatic carbocycles. The van der Waals surface area contributed by atoms with Crippen molar-refractivity contribution in [2.75, 3.05) is 20.1 Å². The molecular formula is C19H29N5. The van der Waals surface area contributed by atoms with Gasteiger partial charge in [-0.25, -0.2) is 4.98 Å². The van der Waals surface area contributed by atoms with E-state index in [0.29, 0.717) is 0 Å². The molecule has 0 saturated heterocycles. The topological polar surface area (TPSA) is 54.2 Å². The fraction of sp³-hybridized carbons (Fsp3) is 0.474. The lowest BCUT2D eigenvalue weighted by molar-refractivity contribution is 0.507. The quantitative estimate of drug-likeness (QED) is 0.607. The Labute approximate surface area is 145 Å². The van der Waals surface area contributed by atoms with Crippen molar-refractivity contribution in [1.82, 2.24) is 20.2 Å². The summed E-state index contributed by atoms with van der Waals surface area (Å²) < 4.78 is 2.04. The summed E-state index contributed by atoms with van der Waals surface area (Å²) in [5.41, 5.74) is 2.74. The molecule has 0 radical (unpaired) electrons. The van der Waals surface area contributed by atoms with E-state index in [1.807, 2.05) is 17.1 Å². The van der Waals surface area contributed by atoms with Gasteiger partial charge in [0.05, 0.1) is 6.33 Å². The van der Waals surface area contributed by atoms with E-state index < -0.39 is 0 Å². The molecule has 130 valence electrons. The molecule has 0 bridgehead atoms. The lowest BCUT2D eigenvalue weighted by Crippen LogP contribution is -2.44. The highest BCUT2D eigenvalue weighted by Crippen LogP contribution is 2.22. The predicted molar refractivity (Wildman–Crippen MR) is 100 cm³/mol. The van der Waals surface area contributed by atoms with Crippen LogP contribution in [0.2, 0.25) is 0 Å². The maximum atomic E-state index is 4.30. The van der Waals surface area contributed by atoms with Crippen molar-refractivity contribution >= 4 is 5.96 Å². The van der Waals surface area contributed by atoms with E-state index in [4.69, 9.17) is 0 Å². The van der Waals surface area contributed by atoms with Gasteiger partial charge in [-0.15, -0.1) is 0 Å². The normalized spacial score (nSPS) is 12.2. The molecule has 2 rings (SSSR count). The molecule has 24 heavy (non-hydrogen) atoms. The third-order valence-corrected chi connectivity index (χ3v) is 4.29. The van der Waals surface area contributed by atoms with Gasteiger partial charge >= 0.3 is 0 Å². The van der Waals surface area contributed by atoms with Gasteiger partial charge in [-0.1, -0.05) is 45.0 Å². The van der Waals surface area contributed by atoms with Crippen LogP contribution in [0.1, 0.15) is 31.9 Å². The molecule has 1 heterocycles. The molecule has 0 fully saturated rings. The lowest BCUT2D eigenvalue weighted by atomic mass is 9.84. The van der Waals surface area contributed by atoms with Gasteiger partial charge in [0, 0.05) is 44.5 Å². The molecule has 0 aliphatic carbocycles. The molecule has 5 nitrogen and oxygen atoms in total. The highest BCUT2D eigenvalue weighted by molar-refractivity contribution is 5.79. The van der Waals surface area contributed by atoms with Crippen molar-refractivity contribution in [2.45, 2.75) is 39.2 Å². The van der Waals surface area contributed by atoms with Crippen molar-refractivity contribution < 1.29 is 0 Å². The first-order valence-corrected chi connectivity index (χ1v) is 8.55.